The molecule has 1 rings (SSSR count). The smallest absolute Gasteiger partial charge is 0.135 e. The second kappa shape index (κ2) is 4.37. The van der Waals surface area contributed by atoms with Crippen LogP contribution >= 0.6 is 0 Å². The van der Waals surface area contributed by atoms with E-state index in [4.69, 9.17) is 9.84 Å². The van der Waals surface area contributed by atoms with E-state index in [0.717, 1.165) is 12.1 Å². The summed E-state index contributed by atoms with van der Waals surface area (Å²) in [5, 5.41) is 8.86. The van der Waals surface area contributed by atoms with E-state index in [-0.39, 0.29) is 17.4 Å². The Morgan fingerprint density at radius 2 is 2.00 bits per heavy atom. The van der Waals surface area contributed by atoms with Gasteiger partial charge in [-0.15, -0.1) is 0 Å². The fourth-order valence-electron chi connectivity index (χ4n) is 1.09. The average Bonchev–Trinajstić information content (AvgIpc) is 2.01. The fourth-order valence-corrected chi connectivity index (χ4v) is 1.09. The number of halogens is 2. The van der Waals surface area contributed by atoms with Crippen LogP contribution in [-0.4, -0.2) is 11.2 Å². The van der Waals surface area contributed by atoms with Crippen LogP contribution < -0.4 is 4.74 Å². The van der Waals surface area contributed by atoms with Gasteiger partial charge in [0, 0.05) is 12.1 Å². The maximum Gasteiger partial charge on any atom is 0.135 e. The number of hydrogen-bond acceptors (Lipinski definition) is 2. The lowest BCUT2D eigenvalue weighted by molar-refractivity contribution is 0.220. The lowest BCUT2D eigenvalue weighted by Crippen LogP contribution is -2.09. The van der Waals surface area contributed by atoms with Gasteiger partial charge in [0.15, 0.2) is 0 Å². The molecule has 0 aliphatic carbocycles. The minimum atomic E-state index is -0.789. The van der Waals surface area contributed by atoms with E-state index in [0.29, 0.717) is 0 Å². The fraction of sp³-hybridized carbons (Fsp3) is 0.400. The van der Waals surface area contributed by atoms with Crippen molar-refractivity contribution in [1.82, 2.24) is 0 Å². The summed E-state index contributed by atoms with van der Waals surface area (Å²) in [6.07, 6.45) is -0.193. The molecule has 0 radical (unpaired) electrons. The Morgan fingerprint density at radius 1 is 1.36 bits per heavy atom. The van der Waals surface area contributed by atoms with Crippen LogP contribution in [0.25, 0.3) is 0 Å². The third kappa shape index (κ3) is 2.42. The maximum absolute atomic E-state index is 13.1. The van der Waals surface area contributed by atoms with Crippen LogP contribution in [0.15, 0.2) is 12.1 Å². The van der Waals surface area contributed by atoms with Crippen LogP contribution in [0.4, 0.5) is 8.78 Å². The van der Waals surface area contributed by atoms with Gasteiger partial charge in [-0.3, -0.25) is 0 Å². The zero-order chi connectivity index (χ0) is 10.7. The van der Waals surface area contributed by atoms with Crippen LogP contribution in [0, 0.1) is 11.6 Å². The summed E-state index contributed by atoms with van der Waals surface area (Å²) < 4.78 is 31.0. The van der Waals surface area contributed by atoms with Crippen molar-refractivity contribution in [3.05, 3.63) is 29.3 Å². The number of aliphatic hydroxyl groups excluding tert-OH is 1. The number of ether oxygens (including phenoxy) is 1. The molecule has 0 aliphatic heterocycles. The first kappa shape index (κ1) is 10.9. The molecule has 0 saturated heterocycles. The van der Waals surface area contributed by atoms with Crippen LogP contribution in [0.3, 0.4) is 0 Å². The average molecular weight is 202 g/mol. The summed E-state index contributed by atoms with van der Waals surface area (Å²) in [4.78, 5) is 0. The highest BCUT2D eigenvalue weighted by molar-refractivity contribution is 5.35. The Balaban J connectivity index is 3.11. The number of rotatable bonds is 3. The van der Waals surface area contributed by atoms with Crippen molar-refractivity contribution in [2.24, 2.45) is 0 Å². The molecule has 0 bridgehead atoms. The summed E-state index contributed by atoms with van der Waals surface area (Å²) in [7, 11) is 0. The van der Waals surface area contributed by atoms with Gasteiger partial charge < -0.3 is 9.84 Å². The largest absolute Gasteiger partial charge is 0.490 e. The van der Waals surface area contributed by atoms with Gasteiger partial charge in [-0.1, -0.05) is 0 Å². The molecule has 0 saturated carbocycles. The van der Waals surface area contributed by atoms with Gasteiger partial charge in [0.1, 0.15) is 17.4 Å². The molecule has 1 aromatic carbocycles. The Kier molecular flexibility index (Phi) is 3.41. The SMILES string of the molecule is CC(C)Oc1cc(F)cc(F)c1CO. The maximum atomic E-state index is 13.1. The van der Waals surface area contributed by atoms with E-state index < -0.39 is 18.2 Å². The molecular weight excluding hydrogens is 190 g/mol. The predicted molar refractivity (Wildman–Crippen MR) is 48.0 cm³/mol. The summed E-state index contributed by atoms with van der Waals surface area (Å²) in [5.41, 5.74) is -0.0138. The zero-order valence-corrected chi connectivity index (χ0v) is 8.05. The molecule has 0 aliphatic rings. The highest BCUT2D eigenvalue weighted by Gasteiger charge is 2.12. The van der Waals surface area contributed by atoms with Crippen LogP contribution in [0.1, 0.15) is 19.4 Å². The van der Waals surface area contributed by atoms with Crippen molar-refractivity contribution in [3.63, 3.8) is 0 Å². The minimum Gasteiger partial charge on any atom is -0.490 e. The Hall–Kier alpha value is -1.16. The molecule has 0 fully saturated rings. The molecule has 0 amide bonds. The van der Waals surface area contributed by atoms with E-state index in [1.165, 1.54) is 0 Å². The normalized spacial score (nSPS) is 10.7. The molecular formula is C10H12F2O2. The van der Waals surface area contributed by atoms with Crippen molar-refractivity contribution < 1.29 is 18.6 Å². The summed E-state index contributed by atoms with van der Waals surface area (Å²) >= 11 is 0. The molecule has 0 atom stereocenters. The molecule has 4 heteroatoms. The first-order chi connectivity index (χ1) is 6.54. The van der Waals surface area contributed by atoms with Crippen molar-refractivity contribution in [3.8, 4) is 5.75 Å². The molecule has 0 heterocycles. The van der Waals surface area contributed by atoms with E-state index in [1.54, 1.807) is 13.8 Å². The summed E-state index contributed by atoms with van der Waals surface area (Å²) in [6.45, 7) is 2.97. The summed E-state index contributed by atoms with van der Waals surface area (Å²) in [5.74, 6) is -1.45. The Labute approximate surface area is 81.1 Å². The predicted octanol–water partition coefficient (Wildman–Crippen LogP) is 2.24. The van der Waals surface area contributed by atoms with Gasteiger partial charge in [-0.25, -0.2) is 8.78 Å². The first-order valence-corrected chi connectivity index (χ1v) is 4.30. The highest BCUT2D eigenvalue weighted by atomic mass is 19.1. The standard InChI is InChI=1S/C10H12F2O2/c1-6(2)14-10-4-7(11)3-9(12)8(10)5-13/h3-4,6,13H,5H2,1-2H3. The quantitative estimate of drug-likeness (QED) is 0.814. The van der Waals surface area contributed by atoms with Crippen molar-refractivity contribution in [1.29, 1.82) is 0 Å². The summed E-state index contributed by atoms with van der Waals surface area (Å²) in [6, 6.07) is 1.79. The zero-order valence-electron chi connectivity index (χ0n) is 8.05. The molecule has 14 heavy (non-hydrogen) atoms. The van der Waals surface area contributed by atoms with Gasteiger partial charge in [0.05, 0.1) is 18.3 Å². The lowest BCUT2D eigenvalue weighted by atomic mass is 10.2. The second-order valence-corrected chi connectivity index (χ2v) is 3.19. The monoisotopic (exact) mass is 202 g/mol. The highest BCUT2D eigenvalue weighted by Crippen LogP contribution is 2.24. The topological polar surface area (TPSA) is 29.5 Å². The Bertz CT molecular complexity index is 324. The number of hydrogen-bond donors (Lipinski definition) is 1. The van der Waals surface area contributed by atoms with Crippen LogP contribution in [0.2, 0.25) is 0 Å². The molecule has 0 spiro atoms. The van der Waals surface area contributed by atoms with Gasteiger partial charge >= 0.3 is 0 Å². The van der Waals surface area contributed by atoms with E-state index in [1.807, 2.05) is 0 Å². The number of aliphatic hydroxyl groups is 1. The molecule has 0 aromatic heterocycles. The lowest BCUT2D eigenvalue weighted by Gasteiger charge is -2.13. The van der Waals surface area contributed by atoms with Gasteiger partial charge in [0.25, 0.3) is 0 Å². The molecule has 1 N–H and O–H groups in total. The van der Waals surface area contributed by atoms with Crippen molar-refractivity contribution >= 4 is 0 Å². The van der Waals surface area contributed by atoms with Crippen molar-refractivity contribution in [2.45, 2.75) is 26.6 Å². The van der Waals surface area contributed by atoms with Gasteiger partial charge in [-0.2, -0.15) is 0 Å². The third-order valence-electron chi connectivity index (χ3n) is 1.64. The van der Waals surface area contributed by atoms with Crippen LogP contribution in [0.5, 0.6) is 5.75 Å². The van der Waals surface area contributed by atoms with Crippen molar-refractivity contribution in [2.75, 3.05) is 0 Å². The van der Waals surface area contributed by atoms with E-state index in [9.17, 15) is 8.78 Å². The van der Waals surface area contributed by atoms with Gasteiger partial charge in [0.2, 0.25) is 0 Å². The van der Waals surface area contributed by atoms with Crippen LogP contribution in [-0.2, 0) is 6.61 Å². The first-order valence-electron chi connectivity index (χ1n) is 4.30. The van der Waals surface area contributed by atoms with E-state index >= 15 is 0 Å². The van der Waals surface area contributed by atoms with E-state index in [2.05, 4.69) is 0 Å². The molecule has 1 aromatic rings. The second-order valence-electron chi connectivity index (χ2n) is 3.19. The van der Waals surface area contributed by atoms with Gasteiger partial charge in [-0.05, 0) is 13.8 Å². The molecule has 78 valence electrons. The Morgan fingerprint density at radius 3 is 2.50 bits per heavy atom. The molecule has 0 unspecified atom stereocenters. The molecule has 2 nitrogen and oxygen atoms in total. The minimum absolute atomic E-state index is 0.0138. The third-order valence-corrected chi connectivity index (χ3v) is 1.64. The number of benzene rings is 1.